The highest BCUT2D eigenvalue weighted by molar-refractivity contribution is 7.07. The average Bonchev–Trinajstić information content (AvgIpc) is 2.80. The van der Waals surface area contributed by atoms with E-state index in [1.165, 1.54) is 5.56 Å². The van der Waals surface area contributed by atoms with Gasteiger partial charge in [0, 0.05) is 25.6 Å². The maximum absolute atomic E-state index is 12.2. The molecule has 2 N–H and O–H groups in total. The van der Waals surface area contributed by atoms with E-state index in [1.807, 2.05) is 17.3 Å². The fourth-order valence-electron chi connectivity index (χ4n) is 2.50. The van der Waals surface area contributed by atoms with Gasteiger partial charge in [0.05, 0.1) is 0 Å². The minimum Gasteiger partial charge on any atom is -0.341 e. The summed E-state index contributed by atoms with van der Waals surface area (Å²) in [5, 5.41) is 4.14. The van der Waals surface area contributed by atoms with Gasteiger partial charge in [0.1, 0.15) is 0 Å². The van der Waals surface area contributed by atoms with Crippen LogP contribution in [0, 0.1) is 5.92 Å². The molecule has 2 unspecified atom stereocenters. The molecular formula is C13H20N2OS. The number of rotatable bonds is 3. The molecule has 0 aromatic carbocycles. The van der Waals surface area contributed by atoms with Gasteiger partial charge >= 0.3 is 0 Å². The van der Waals surface area contributed by atoms with E-state index in [0.29, 0.717) is 6.54 Å². The Morgan fingerprint density at radius 3 is 3.06 bits per heavy atom. The highest BCUT2D eigenvalue weighted by Crippen LogP contribution is 2.25. The van der Waals surface area contributed by atoms with E-state index < -0.39 is 0 Å². The van der Waals surface area contributed by atoms with Gasteiger partial charge in [-0.1, -0.05) is 6.42 Å². The smallest absolute Gasteiger partial charge is 0.225 e. The van der Waals surface area contributed by atoms with E-state index in [0.717, 1.165) is 25.7 Å². The minimum atomic E-state index is 0.141. The van der Waals surface area contributed by atoms with E-state index in [-0.39, 0.29) is 17.9 Å². The van der Waals surface area contributed by atoms with Crippen molar-refractivity contribution in [1.82, 2.24) is 4.90 Å². The molecule has 1 aliphatic rings. The standard InChI is InChI=1S/C13H20N2OS/c1-15(8-10-5-6-17-9-10)13(16)11-3-2-4-12(14)7-11/h5-6,9,11-12H,2-4,7-8,14H2,1H3. The Balaban J connectivity index is 1.90. The van der Waals surface area contributed by atoms with Gasteiger partial charge in [0.25, 0.3) is 0 Å². The van der Waals surface area contributed by atoms with Crippen LogP contribution in [0.5, 0.6) is 0 Å². The van der Waals surface area contributed by atoms with Gasteiger partial charge in [-0.25, -0.2) is 0 Å². The second-order valence-electron chi connectivity index (χ2n) is 4.95. The number of thiophene rings is 1. The molecule has 4 heteroatoms. The van der Waals surface area contributed by atoms with Crippen LogP contribution in [0.4, 0.5) is 0 Å². The molecular weight excluding hydrogens is 232 g/mol. The number of amides is 1. The van der Waals surface area contributed by atoms with Gasteiger partial charge in [-0.15, -0.1) is 0 Å². The van der Waals surface area contributed by atoms with E-state index >= 15 is 0 Å². The molecule has 2 atom stereocenters. The molecule has 2 rings (SSSR count). The number of carbonyl (C=O) groups is 1. The van der Waals surface area contributed by atoms with E-state index in [9.17, 15) is 4.79 Å². The molecule has 0 radical (unpaired) electrons. The van der Waals surface area contributed by atoms with E-state index in [1.54, 1.807) is 11.3 Å². The van der Waals surface area contributed by atoms with E-state index in [4.69, 9.17) is 5.73 Å². The maximum atomic E-state index is 12.2. The van der Waals surface area contributed by atoms with E-state index in [2.05, 4.69) is 11.4 Å². The monoisotopic (exact) mass is 252 g/mol. The Labute approximate surface area is 107 Å². The van der Waals surface area contributed by atoms with Crippen molar-refractivity contribution in [2.75, 3.05) is 7.05 Å². The lowest BCUT2D eigenvalue weighted by Crippen LogP contribution is -2.38. The van der Waals surface area contributed by atoms with Crippen LogP contribution in [0.25, 0.3) is 0 Å². The summed E-state index contributed by atoms with van der Waals surface area (Å²) in [6, 6.07) is 2.29. The van der Waals surface area contributed by atoms with Crippen molar-refractivity contribution >= 4 is 17.2 Å². The van der Waals surface area contributed by atoms with Gasteiger partial charge in [-0.2, -0.15) is 11.3 Å². The van der Waals surface area contributed by atoms with Crippen molar-refractivity contribution in [3.05, 3.63) is 22.4 Å². The summed E-state index contributed by atoms with van der Waals surface area (Å²) in [6.07, 6.45) is 4.01. The predicted octanol–water partition coefficient (Wildman–Crippen LogP) is 2.22. The third kappa shape index (κ3) is 3.30. The quantitative estimate of drug-likeness (QED) is 0.896. The van der Waals surface area contributed by atoms with Crippen LogP contribution in [0.15, 0.2) is 16.8 Å². The Bertz CT molecular complexity index is 364. The number of nitrogens with two attached hydrogens (primary N) is 1. The van der Waals surface area contributed by atoms with Crippen molar-refractivity contribution in [3.8, 4) is 0 Å². The zero-order valence-electron chi connectivity index (χ0n) is 10.3. The molecule has 94 valence electrons. The summed E-state index contributed by atoms with van der Waals surface area (Å²) >= 11 is 1.67. The second-order valence-corrected chi connectivity index (χ2v) is 5.73. The Morgan fingerprint density at radius 1 is 1.59 bits per heavy atom. The summed E-state index contributed by atoms with van der Waals surface area (Å²) in [5.41, 5.74) is 7.14. The van der Waals surface area contributed by atoms with Gasteiger partial charge in [0.15, 0.2) is 0 Å². The summed E-state index contributed by atoms with van der Waals surface area (Å²) in [5.74, 6) is 0.397. The fourth-order valence-corrected chi connectivity index (χ4v) is 3.16. The number of hydrogen-bond donors (Lipinski definition) is 1. The first kappa shape index (κ1) is 12.6. The summed E-state index contributed by atoms with van der Waals surface area (Å²) in [4.78, 5) is 14.1. The molecule has 0 spiro atoms. The second kappa shape index (κ2) is 5.65. The number of nitrogens with zero attached hydrogens (tertiary/aromatic N) is 1. The third-order valence-corrected chi connectivity index (χ3v) is 4.17. The first-order valence-corrected chi connectivity index (χ1v) is 7.12. The molecule has 1 saturated carbocycles. The minimum absolute atomic E-state index is 0.141. The van der Waals surface area contributed by atoms with Gasteiger partial charge < -0.3 is 10.6 Å². The van der Waals surface area contributed by atoms with Gasteiger partial charge in [-0.05, 0) is 41.7 Å². The average molecular weight is 252 g/mol. The largest absolute Gasteiger partial charge is 0.341 e. The fraction of sp³-hybridized carbons (Fsp3) is 0.615. The van der Waals surface area contributed by atoms with Crippen LogP contribution in [0.1, 0.15) is 31.2 Å². The zero-order valence-corrected chi connectivity index (χ0v) is 11.1. The van der Waals surface area contributed by atoms with Crippen molar-refractivity contribution in [2.24, 2.45) is 11.7 Å². The molecule has 0 bridgehead atoms. The Hall–Kier alpha value is -0.870. The van der Waals surface area contributed by atoms with Crippen molar-refractivity contribution in [2.45, 2.75) is 38.3 Å². The summed E-state index contributed by atoms with van der Waals surface area (Å²) in [6.45, 7) is 0.716. The van der Waals surface area contributed by atoms with Crippen molar-refractivity contribution in [1.29, 1.82) is 0 Å². The molecule has 1 amide bonds. The van der Waals surface area contributed by atoms with Crippen LogP contribution >= 0.6 is 11.3 Å². The topological polar surface area (TPSA) is 46.3 Å². The van der Waals surface area contributed by atoms with Crippen LogP contribution in [-0.4, -0.2) is 23.9 Å². The number of carbonyl (C=O) groups excluding carboxylic acids is 1. The van der Waals surface area contributed by atoms with Crippen molar-refractivity contribution in [3.63, 3.8) is 0 Å². The summed E-state index contributed by atoms with van der Waals surface area (Å²) < 4.78 is 0. The molecule has 1 aromatic heterocycles. The highest BCUT2D eigenvalue weighted by atomic mass is 32.1. The first-order chi connectivity index (χ1) is 8.16. The molecule has 1 aliphatic carbocycles. The molecule has 1 aromatic rings. The maximum Gasteiger partial charge on any atom is 0.225 e. The third-order valence-electron chi connectivity index (χ3n) is 3.44. The first-order valence-electron chi connectivity index (χ1n) is 6.18. The molecule has 0 saturated heterocycles. The lowest BCUT2D eigenvalue weighted by atomic mass is 9.85. The Morgan fingerprint density at radius 2 is 2.41 bits per heavy atom. The van der Waals surface area contributed by atoms with Gasteiger partial charge in [0.2, 0.25) is 5.91 Å². The summed E-state index contributed by atoms with van der Waals surface area (Å²) in [7, 11) is 1.89. The van der Waals surface area contributed by atoms with Crippen LogP contribution < -0.4 is 5.73 Å². The normalized spacial score (nSPS) is 24.6. The van der Waals surface area contributed by atoms with Crippen LogP contribution in [0.2, 0.25) is 0 Å². The van der Waals surface area contributed by atoms with Gasteiger partial charge in [-0.3, -0.25) is 4.79 Å². The van der Waals surface area contributed by atoms with Crippen LogP contribution in [-0.2, 0) is 11.3 Å². The zero-order chi connectivity index (χ0) is 12.3. The molecule has 1 fully saturated rings. The molecule has 0 aliphatic heterocycles. The Kier molecular flexibility index (Phi) is 4.18. The SMILES string of the molecule is CN(Cc1ccsc1)C(=O)C1CCCC(N)C1. The lowest BCUT2D eigenvalue weighted by molar-refractivity contribution is -0.135. The lowest BCUT2D eigenvalue weighted by Gasteiger charge is -2.29. The van der Waals surface area contributed by atoms with Crippen LogP contribution in [0.3, 0.4) is 0 Å². The number of hydrogen-bond acceptors (Lipinski definition) is 3. The highest BCUT2D eigenvalue weighted by Gasteiger charge is 2.27. The molecule has 3 nitrogen and oxygen atoms in total. The molecule has 1 heterocycles. The molecule has 17 heavy (non-hydrogen) atoms. The predicted molar refractivity (Wildman–Crippen MR) is 70.7 cm³/mol. The van der Waals surface area contributed by atoms with Crippen molar-refractivity contribution < 1.29 is 4.79 Å².